The van der Waals surface area contributed by atoms with Crippen LogP contribution in [0.5, 0.6) is 0 Å². The van der Waals surface area contributed by atoms with Crippen molar-refractivity contribution < 1.29 is 23.6 Å². The van der Waals surface area contributed by atoms with Crippen LogP contribution in [0.15, 0.2) is 18.3 Å². The highest BCUT2D eigenvalue weighted by Gasteiger charge is 2.25. The van der Waals surface area contributed by atoms with Gasteiger partial charge in [-0.05, 0) is 13.0 Å². The maximum absolute atomic E-state index is 13.8. The number of nitrogens with zero attached hydrogens (tertiary/aromatic N) is 3. The van der Waals surface area contributed by atoms with Gasteiger partial charge in [0.05, 0.1) is 4.92 Å². The summed E-state index contributed by atoms with van der Waals surface area (Å²) < 4.78 is 27.6. The summed E-state index contributed by atoms with van der Waals surface area (Å²) >= 11 is 0. The molecule has 1 aromatic heterocycles. The molecule has 20 heavy (non-hydrogen) atoms. The smallest absolute Gasteiger partial charge is 0.356 e. The van der Waals surface area contributed by atoms with Crippen LogP contribution in [-0.4, -0.2) is 25.8 Å². The molecule has 0 amide bonds. The van der Waals surface area contributed by atoms with Crippen molar-refractivity contribution in [2.75, 3.05) is 0 Å². The Bertz CT molecular complexity index is 727. The quantitative estimate of drug-likeness (QED) is 0.686. The van der Waals surface area contributed by atoms with Crippen LogP contribution in [0.2, 0.25) is 0 Å². The van der Waals surface area contributed by atoms with Crippen LogP contribution in [-0.2, 0) is 0 Å². The second-order valence-corrected chi connectivity index (χ2v) is 3.90. The Labute approximate surface area is 110 Å². The second kappa shape index (κ2) is 4.68. The molecule has 0 saturated carbocycles. The molecule has 0 atom stereocenters. The molecule has 0 aliphatic carbocycles. The van der Waals surface area contributed by atoms with Crippen LogP contribution in [0.3, 0.4) is 0 Å². The summed E-state index contributed by atoms with van der Waals surface area (Å²) in [5, 5.41) is 23.2. The van der Waals surface area contributed by atoms with E-state index in [1.807, 2.05) is 0 Å². The first-order valence-corrected chi connectivity index (χ1v) is 5.25. The van der Waals surface area contributed by atoms with E-state index in [-0.39, 0.29) is 5.56 Å². The van der Waals surface area contributed by atoms with E-state index in [0.29, 0.717) is 10.7 Å². The van der Waals surface area contributed by atoms with E-state index in [2.05, 4.69) is 5.10 Å². The van der Waals surface area contributed by atoms with Crippen LogP contribution in [0, 0.1) is 28.7 Å². The number of carbonyl (C=O) groups is 1. The van der Waals surface area contributed by atoms with Crippen LogP contribution < -0.4 is 0 Å². The van der Waals surface area contributed by atoms with E-state index in [1.165, 1.54) is 6.92 Å². The number of aromatic nitrogens is 2. The Morgan fingerprint density at radius 2 is 2.10 bits per heavy atom. The van der Waals surface area contributed by atoms with Gasteiger partial charge >= 0.3 is 5.97 Å². The molecule has 0 unspecified atom stereocenters. The third-order valence-corrected chi connectivity index (χ3v) is 2.57. The number of nitro benzene ring substituents is 1. The molecule has 0 spiro atoms. The van der Waals surface area contributed by atoms with E-state index in [4.69, 9.17) is 5.11 Å². The van der Waals surface area contributed by atoms with Crippen molar-refractivity contribution in [3.8, 4) is 5.69 Å². The molecule has 2 aromatic rings. The highest BCUT2D eigenvalue weighted by Crippen LogP contribution is 2.27. The van der Waals surface area contributed by atoms with Gasteiger partial charge in [-0.2, -0.15) is 5.10 Å². The maximum Gasteiger partial charge on any atom is 0.356 e. The highest BCUT2D eigenvalue weighted by molar-refractivity contribution is 5.87. The number of hydrogen-bond donors (Lipinski definition) is 1. The first-order chi connectivity index (χ1) is 9.32. The number of nitro groups is 1. The van der Waals surface area contributed by atoms with E-state index in [9.17, 15) is 23.7 Å². The zero-order valence-electron chi connectivity index (χ0n) is 10.0. The SMILES string of the molecule is Cc1cn(-c2c([N+](=O)[O-])ccc(F)c2F)nc1C(=O)O. The lowest BCUT2D eigenvalue weighted by atomic mass is 10.2. The molecule has 0 fully saturated rings. The van der Waals surface area contributed by atoms with Gasteiger partial charge < -0.3 is 5.11 Å². The molecule has 0 saturated heterocycles. The number of aryl methyl sites for hydroxylation is 1. The molecular formula is C11H7F2N3O4. The molecule has 2 rings (SSSR count). The van der Waals surface area contributed by atoms with Gasteiger partial charge in [-0.15, -0.1) is 0 Å². The molecule has 0 aliphatic rings. The standard InChI is InChI=1S/C11H7F2N3O4/c1-5-4-15(14-9(5)11(17)18)10-7(16(19)20)3-2-6(12)8(10)13/h2-4H,1H3,(H,17,18). The Morgan fingerprint density at radius 3 is 2.60 bits per heavy atom. The van der Waals surface area contributed by atoms with E-state index >= 15 is 0 Å². The minimum absolute atomic E-state index is 0.162. The van der Waals surface area contributed by atoms with Gasteiger partial charge in [0.25, 0.3) is 5.69 Å². The van der Waals surface area contributed by atoms with Gasteiger partial charge in [0.1, 0.15) is 0 Å². The number of halogens is 2. The summed E-state index contributed by atoms with van der Waals surface area (Å²) in [4.78, 5) is 20.8. The normalized spacial score (nSPS) is 10.6. The van der Waals surface area contributed by atoms with Crippen molar-refractivity contribution in [1.82, 2.24) is 9.78 Å². The number of carboxylic acid groups (broad SMARTS) is 1. The van der Waals surface area contributed by atoms with Crippen molar-refractivity contribution in [2.24, 2.45) is 0 Å². The Kier molecular flexibility index (Phi) is 3.18. The summed E-state index contributed by atoms with van der Waals surface area (Å²) in [5.41, 5.74) is -1.70. The minimum Gasteiger partial charge on any atom is -0.476 e. The summed E-state index contributed by atoms with van der Waals surface area (Å²) in [6.07, 6.45) is 1.08. The Balaban J connectivity index is 2.74. The fraction of sp³-hybridized carbons (Fsp3) is 0.0909. The van der Waals surface area contributed by atoms with Gasteiger partial charge in [0.15, 0.2) is 23.0 Å². The average molecular weight is 283 g/mol. The number of benzene rings is 1. The first kappa shape index (κ1) is 13.6. The molecule has 9 heteroatoms. The number of carboxylic acids is 1. The lowest BCUT2D eigenvalue weighted by Gasteiger charge is -2.04. The molecular weight excluding hydrogens is 276 g/mol. The molecule has 1 N–H and O–H groups in total. The van der Waals surface area contributed by atoms with Crippen LogP contribution in [0.1, 0.15) is 16.1 Å². The van der Waals surface area contributed by atoms with Gasteiger partial charge in [0.2, 0.25) is 0 Å². The zero-order chi connectivity index (χ0) is 15.0. The largest absolute Gasteiger partial charge is 0.476 e. The van der Waals surface area contributed by atoms with Crippen molar-refractivity contribution in [3.63, 3.8) is 0 Å². The van der Waals surface area contributed by atoms with Gasteiger partial charge in [-0.1, -0.05) is 0 Å². The van der Waals surface area contributed by atoms with Crippen LogP contribution in [0.4, 0.5) is 14.5 Å². The van der Waals surface area contributed by atoms with Crippen molar-refractivity contribution in [2.45, 2.75) is 6.92 Å². The molecule has 7 nitrogen and oxygen atoms in total. The monoisotopic (exact) mass is 283 g/mol. The third-order valence-electron chi connectivity index (χ3n) is 2.57. The fourth-order valence-corrected chi connectivity index (χ4v) is 1.68. The molecule has 1 aromatic carbocycles. The summed E-state index contributed by atoms with van der Waals surface area (Å²) in [6, 6.07) is 1.40. The molecule has 1 heterocycles. The van der Waals surface area contributed by atoms with Gasteiger partial charge in [0, 0.05) is 17.8 Å². The van der Waals surface area contributed by atoms with Crippen LogP contribution >= 0.6 is 0 Å². The summed E-state index contributed by atoms with van der Waals surface area (Å²) in [6.45, 7) is 1.38. The fourth-order valence-electron chi connectivity index (χ4n) is 1.68. The van der Waals surface area contributed by atoms with Crippen molar-refractivity contribution in [1.29, 1.82) is 0 Å². The predicted molar refractivity (Wildman–Crippen MR) is 61.8 cm³/mol. The average Bonchev–Trinajstić information content (AvgIpc) is 2.74. The highest BCUT2D eigenvalue weighted by atomic mass is 19.2. The first-order valence-electron chi connectivity index (χ1n) is 5.25. The lowest BCUT2D eigenvalue weighted by Crippen LogP contribution is -2.07. The zero-order valence-corrected chi connectivity index (χ0v) is 10.0. The van der Waals surface area contributed by atoms with Gasteiger partial charge in [-0.25, -0.2) is 18.3 Å². The minimum atomic E-state index is -1.47. The van der Waals surface area contributed by atoms with Gasteiger partial charge in [-0.3, -0.25) is 10.1 Å². The lowest BCUT2D eigenvalue weighted by molar-refractivity contribution is -0.384. The summed E-state index contributed by atoms with van der Waals surface area (Å²) in [7, 11) is 0. The number of rotatable bonds is 3. The third kappa shape index (κ3) is 2.09. The number of hydrogen-bond acceptors (Lipinski definition) is 4. The van der Waals surface area contributed by atoms with E-state index in [0.717, 1.165) is 12.3 Å². The summed E-state index contributed by atoms with van der Waals surface area (Å²) in [5.74, 6) is -4.14. The van der Waals surface area contributed by atoms with E-state index in [1.54, 1.807) is 0 Å². The van der Waals surface area contributed by atoms with E-state index < -0.39 is 39.6 Å². The second-order valence-electron chi connectivity index (χ2n) is 3.90. The maximum atomic E-state index is 13.8. The Morgan fingerprint density at radius 1 is 1.45 bits per heavy atom. The Hall–Kier alpha value is -2.84. The van der Waals surface area contributed by atoms with Crippen molar-refractivity contribution in [3.05, 3.63) is 51.3 Å². The molecule has 0 aliphatic heterocycles. The predicted octanol–water partition coefficient (Wildman–Crippen LogP) is 2.07. The number of aromatic carboxylic acids is 1. The topological polar surface area (TPSA) is 98.3 Å². The van der Waals surface area contributed by atoms with Crippen molar-refractivity contribution >= 4 is 11.7 Å². The van der Waals surface area contributed by atoms with Crippen LogP contribution in [0.25, 0.3) is 5.69 Å². The molecule has 0 bridgehead atoms. The molecule has 0 radical (unpaired) electrons. The molecule has 104 valence electrons.